The lowest BCUT2D eigenvalue weighted by molar-refractivity contribution is 0.332. The summed E-state index contributed by atoms with van der Waals surface area (Å²) in [5.41, 5.74) is 26.3. The Morgan fingerprint density at radius 3 is 1.64 bits per heavy atom. The number of benzene rings is 6. The van der Waals surface area contributed by atoms with Gasteiger partial charge in [-0.2, -0.15) is 0 Å². The van der Waals surface area contributed by atoms with Crippen molar-refractivity contribution in [2.75, 3.05) is 9.80 Å². The predicted molar refractivity (Wildman–Crippen MR) is 299 cm³/mol. The Hall–Kier alpha value is -5.06. The minimum Gasteiger partial charge on any atom is -0.311 e. The first kappa shape index (κ1) is 43.9. The van der Waals surface area contributed by atoms with Crippen molar-refractivity contribution >= 4 is 78.0 Å². The molecule has 6 aromatic carbocycles. The Morgan fingerprint density at radius 1 is 0.507 bits per heavy atom. The summed E-state index contributed by atoms with van der Waals surface area (Å²) >= 11 is 2.05. The third kappa shape index (κ3) is 6.09. The van der Waals surface area contributed by atoms with Crippen LogP contribution in [-0.2, 0) is 32.5 Å². The fraction of sp³-hybridized carbons (Fsp3) is 0.415. The molecule has 2 atom stereocenters. The Morgan fingerprint density at radius 2 is 1.04 bits per heavy atom. The molecule has 13 rings (SSSR count). The summed E-state index contributed by atoms with van der Waals surface area (Å²) in [7, 11) is 0. The molecule has 2 bridgehead atoms. The Kier molecular flexibility index (Phi) is 8.97. The number of rotatable bonds is 4. The molecule has 7 aromatic rings. The molecular weight excluding hydrogens is 852 g/mol. The molecule has 4 heteroatoms. The highest BCUT2D eigenvalue weighted by Crippen LogP contribution is 2.62. The van der Waals surface area contributed by atoms with Crippen molar-refractivity contribution < 1.29 is 0 Å². The minimum atomic E-state index is 0.0424. The molecular formula is C65H71BN2S. The van der Waals surface area contributed by atoms with E-state index in [0.717, 1.165) is 0 Å². The van der Waals surface area contributed by atoms with Gasteiger partial charge in [0, 0.05) is 33.0 Å². The highest BCUT2D eigenvalue weighted by Gasteiger charge is 2.54. The van der Waals surface area contributed by atoms with E-state index < -0.39 is 0 Å². The number of thiophene rings is 1. The van der Waals surface area contributed by atoms with Gasteiger partial charge in [-0.25, -0.2) is 0 Å². The molecule has 2 nitrogen and oxygen atoms in total. The molecule has 0 amide bonds. The van der Waals surface area contributed by atoms with Crippen molar-refractivity contribution in [3.05, 3.63) is 148 Å². The molecule has 69 heavy (non-hydrogen) atoms. The molecule has 1 aromatic heterocycles. The molecule has 350 valence electrons. The smallest absolute Gasteiger partial charge is 0.254 e. The van der Waals surface area contributed by atoms with Crippen molar-refractivity contribution in [2.45, 2.75) is 173 Å². The third-order valence-electron chi connectivity index (χ3n) is 19.4. The van der Waals surface area contributed by atoms with Gasteiger partial charge in [-0.05, 0) is 217 Å². The van der Waals surface area contributed by atoms with E-state index in [9.17, 15) is 0 Å². The number of anilines is 6. The average molecular weight is 923 g/mol. The van der Waals surface area contributed by atoms with Gasteiger partial charge in [0.15, 0.2) is 0 Å². The van der Waals surface area contributed by atoms with Crippen LogP contribution in [0.2, 0.25) is 0 Å². The summed E-state index contributed by atoms with van der Waals surface area (Å²) in [6, 6.07) is 42.2. The van der Waals surface area contributed by atoms with Gasteiger partial charge in [-0.1, -0.05) is 132 Å². The summed E-state index contributed by atoms with van der Waals surface area (Å²) in [4.78, 5) is 5.48. The average Bonchev–Trinajstić information content (AvgIpc) is 3.92. The first-order valence-corrected chi connectivity index (χ1v) is 27.3. The third-order valence-corrected chi connectivity index (χ3v) is 20.5. The van der Waals surface area contributed by atoms with Crippen LogP contribution >= 0.6 is 11.3 Å². The highest BCUT2D eigenvalue weighted by molar-refractivity contribution is 7.26. The second-order valence-corrected chi connectivity index (χ2v) is 27.4. The van der Waals surface area contributed by atoms with Gasteiger partial charge < -0.3 is 9.80 Å². The van der Waals surface area contributed by atoms with Crippen molar-refractivity contribution in [1.82, 2.24) is 0 Å². The van der Waals surface area contributed by atoms with E-state index in [-0.39, 0.29) is 39.2 Å². The molecule has 1 saturated carbocycles. The van der Waals surface area contributed by atoms with E-state index in [1.807, 2.05) is 11.3 Å². The Labute approximate surface area is 417 Å². The van der Waals surface area contributed by atoms with Gasteiger partial charge in [0.25, 0.3) is 6.71 Å². The zero-order valence-corrected chi connectivity index (χ0v) is 44.5. The molecule has 4 aliphatic carbocycles. The maximum atomic E-state index is 2.79. The fourth-order valence-corrected chi connectivity index (χ4v) is 16.3. The summed E-state index contributed by atoms with van der Waals surface area (Å²) in [6.07, 6.45) is 8.57. The van der Waals surface area contributed by atoms with Crippen LogP contribution < -0.4 is 26.2 Å². The van der Waals surface area contributed by atoms with Crippen LogP contribution in [0.4, 0.5) is 33.4 Å². The molecule has 1 fully saturated rings. The fourth-order valence-electron chi connectivity index (χ4n) is 15.0. The zero-order valence-electron chi connectivity index (χ0n) is 43.7. The van der Waals surface area contributed by atoms with Gasteiger partial charge in [0.2, 0.25) is 0 Å². The van der Waals surface area contributed by atoms with Crippen LogP contribution in [0.1, 0.15) is 178 Å². The Bertz CT molecular complexity index is 3350. The molecule has 0 saturated heterocycles. The van der Waals surface area contributed by atoms with E-state index in [0.29, 0.717) is 5.92 Å². The van der Waals surface area contributed by atoms with Gasteiger partial charge in [-0.15, -0.1) is 11.3 Å². The van der Waals surface area contributed by atoms with E-state index in [1.165, 1.54) is 149 Å². The van der Waals surface area contributed by atoms with Crippen LogP contribution in [-0.4, -0.2) is 6.71 Å². The quantitative estimate of drug-likeness (QED) is 0.162. The van der Waals surface area contributed by atoms with Crippen molar-refractivity contribution in [3.8, 4) is 11.1 Å². The maximum absolute atomic E-state index is 2.79. The lowest BCUT2D eigenvalue weighted by atomic mass is 9.33. The molecule has 1 unspecified atom stereocenters. The normalized spacial score (nSPS) is 23.7. The molecule has 0 N–H and O–H groups in total. The van der Waals surface area contributed by atoms with E-state index in [1.54, 1.807) is 11.1 Å². The lowest BCUT2D eigenvalue weighted by Gasteiger charge is -2.48. The molecule has 6 aliphatic rings. The summed E-state index contributed by atoms with van der Waals surface area (Å²) in [5, 5.41) is 2.86. The topological polar surface area (TPSA) is 6.48 Å². The van der Waals surface area contributed by atoms with Crippen molar-refractivity contribution in [1.29, 1.82) is 0 Å². The van der Waals surface area contributed by atoms with Crippen molar-refractivity contribution in [2.24, 2.45) is 0 Å². The first-order chi connectivity index (χ1) is 32.6. The second kappa shape index (κ2) is 14.1. The summed E-state index contributed by atoms with van der Waals surface area (Å²) in [6.45, 7) is 32.2. The largest absolute Gasteiger partial charge is 0.311 e. The van der Waals surface area contributed by atoms with Gasteiger partial charge in [0.05, 0.1) is 10.7 Å². The SMILES string of the molecule is Cc1cc2c3c(c1)N(c1ccc(C(C)C)cc1)c1sc4cc5c(cc4c1B3c1cc3c(cc1N2c1cc2c(cc1-c1ccccc1)C(C)(C)CCC2(C)C)C(C)(C)CCC3(C)C)[C@]1(C)CCC5(C)C1. The van der Waals surface area contributed by atoms with Crippen LogP contribution in [0.15, 0.2) is 103 Å². The number of hydrogen-bond acceptors (Lipinski definition) is 3. The summed E-state index contributed by atoms with van der Waals surface area (Å²) < 4.78 is 1.44. The van der Waals surface area contributed by atoms with Gasteiger partial charge in [0.1, 0.15) is 0 Å². The van der Waals surface area contributed by atoms with Crippen LogP contribution in [0.3, 0.4) is 0 Å². The second-order valence-electron chi connectivity index (χ2n) is 26.4. The van der Waals surface area contributed by atoms with Gasteiger partial charge in [-0.3, -0.25) is 0 Å². The van der Waals surface area contributed by atoms with Crippen LogP contribution in [0, 0.1) is 6.92 Å². The standard InChI is InChI=1S/C65H71BN2S/c1-38(2)40-19-21-42(22-20-40)67-54-29-39(3)30-55-58(54)66(57-44-32-49-50(36-56(44)69-59(57)67)65(13)28-27-64(49,12)37-65)51-33-46-48(63(10,11)26-24-61(46,6)7)35-53(51)68(55)52-34-47-45(60(4,5)23-25-62(47,8)9)31-43(52)41-17-15-14-16-18-41/h14-22,29-36,38H,23-28,37H2,1-13H3/t64-,65?/m1/s1. The first-order valence-electron chi connectivity index (χ1n) is 26.5. The van der Waals surface area contributed by atoms with E-state index >= 15 is 0 Å². The zero-order chi connectivity index (χ0) is 48.1. The van der Waals surface area contributed by atoms with E-state index in [2.05, 4.69) is 203 Å². The number of aryl methyl sites for hydroxylation is 1. The number of hydrogen-bond donors (Lipinski definition) is 0. The number of fused-ring (bicyclic) bond motifs is 13. The molecule has 0 radical (unpaired) electrons. The van der Waals surface area contributed by atoms with E-state index in [4.69, 9.17) is 0 Å². The highest BCUT2D eigenvalue weighted by atomic mass is 32.1. The summed E-state index contributed by atoms with van der Waals surface area (Å²) in [5.74, 6) is 0.466. The molecule has 2 aliphatic heterocycles. The Balaban J connectivity index is 1.18. The van der Waals surface area contributed by atoms with Crippen LogP contribution in [0.25, 0.3) is 21.2 Å². The molecule has 3 heterocycles. The van der Waals surface area contributed by atoms with Gasteiger partial charge >= 0.3 is 0 Å². The minimum absolute atomic E-state index is 0.0424. The molecule has 0 spiro atoms. The van der Waals surface area contributed by atoms with Crippen LogP contribution in [0.5, 0.6) is 0 Å². The number of nitrogens with zero attached hydrogens (tertiary/aromatic N) is 2. The predicted octanol–water partition coefficient (Wildman–Crippen LogP) is 16.5. The van der Waals surface area contributed by atoms with Crippen molar-refractivity contribution in [3.63, 3.8) is 0 Å². The lowest BCUT2D eigenvalue weighted by Crippen LogP contribution is -2.61. The monoisotopic (exact) mass is 923 g/mol. The maximum Gasteiger partial charge on any atom is 0.254 e.